The highest BCUT2D eigenvalue weighted by atomic mass is 16.3. The maximum absolute atomic E-state index is 13.3. The van der Waals surface area contributed by atoms with Gasteiger partial charge in [0.1, 0.15) is 5.70 Å². The summed E-state index contributed by atoms with van der Waals surface area (Å²) >= 11 is 0. The summed E-state index contributed by atoms with van der Waals surface area (Å²) in [7, 11) is 5.52. The van der Waals surface area contributed by atoms with E-state index in [0.717, 1.165) is 11.3 Å². The number of likely N-dealkylation sites (N-methyl/N-ethyl adjacent to an activating group) is 1. The van der Waals surface area contributed by atoms with Gasteiger partial charge in [0.25, 0.3) is 11.8 Å². The van der Waals surface area contributed by atoms with Crippen molar-refractivity contribution in [1.82, 2.24) is 4.90 Å². The normalized spacial score (nSPS) is 14.1. The van der Waals surface area contributed by atoms with Crippen molar-refractivity contribution in [3.8, 4) is 0 Å². The summed E-state index contributed by atoms with van der Waals surface area (Å²) in [6.07, 6.45) is 0. The molecule has 0 saturated carbocycles. The lowest BCUT2D eigenvalue weighted by Crippen LogP contribution is -2.35. The van der Waals surface area contributed by atoms with Gasteiger partial charge in [-0.15, -0.1) is 0 Å². The highest BCUT2D eigenvalue weighted by Crippen LogP contribution is 2.35. The van der Waals surface area contributed by atoms with Crippen molar-refractivity contribution >= 4 is 28.8 Å². The minimum absolute atomic E-state index is 0.112. The van der Waals surface area contributed by atoms with Gasteiger partial charge >= 0.3 is 0 Å². The van der Waals surface area contributed by atoms with Gasteiger partial charge in [-0.3, -0.25) is 9.59 Å². The van der Waals surface area contributed by atoms with Crippen molar-refractivity contribution < 1.29 is 14.7 Å². The van der Waals surface area contributed by atoms with Crippen molar-refractivity contribution in [3.63, 3.8) is 0 Å². The second kappa shape index (κ2) is 7.86. The third-order valence-electron chi connectivity index (χ3n) is 4.82. The summed E-state index contributed by atoms with van der Waals surface area (Å²) in [5.74, 6) is -0.739. The van der Waals surface area contributed by atoms with E-state index in [4.69, 9.17) is 0 Å². The lowest BCUT2D eigenvalue weighted by atomic mass is 10.0. The number of rotatable bonds is 6. The SMILES string of the molecule is Cc1ccc(C2=C(N(C)CCO)C(=O)N(c3cccc(N(C)C)c3)C2=O)cc1. The van der Waals surface area contributed by atoms with E-state index in [1.165, 1.54) is 4.90 Å². The molecule has 0 atom stereocenters. The summed E-state index contributed by atoms with van der Waals surface area (Å²) in [6, 6.07) is 14.8. The molecule has 1 heterocycles. The largest absolute Gasteiger partial charge is 0.395 e. The van der Waals surface area contributed by atoms with E-state index < -0.39 is 0 Å². The number of hydrogen-bond donors (Lipinski definition) is 1. The third kappa shape index (κ3) is 3.51. The molecular weight excluding hydrogens is 354 g/mol. The number of benzene rings is 2. The highest BCUT2D eigenvalue weighted by molar-refractivity contribution is 6.45. The fraction of sp³-hybridized carbons (Fsp3) is 0.273. The molecule has 1 aliphatic rings. The molecule has 3 rings (SSSR count). The Morgan fingerprint density at radius 1 is 0.964 bits per heavy atom. The van der Waals surface area contributed by atoms with Crippen LogP contribution in [-0.4, -0.2) is 56.1 Å². The zero-order valence-electron chi connectivity index (χ0n) is 16.6. The first kappa shape index (κ1) is 19.6. The fourth-order valence-electron chi connectivity index (χ4n) is 3.26. The monoisotopic (exact) mass is 379 g/mol. The standard InChI is InChI=1S/C22H25N3O3/c1-15-8-10-16(11-9-15)19-20(24(4)12-13-26)22(28)25(21(19)27)18-7-5-6-17(14-18)23(2)3/h5-11,14,26H,12-13H2,1-4H3. The Hall–Kier alpha value is -3.12. The summed E-state index contributed by atoms with van der Waals surface area (Å²) in [4.78, 5) is 31.4. The van der Waals surface area contributed by atoms with Crippen LogP contribution in [0, 0.1) is 6.92 Å². The molecule has 2 aromatic rings. The minimum atomic E-state index is -0.382. The maximum Gasteiger partial charge on any atom is 0.282 e. The van der Waals surface area contributed by atoms with E-state index in [2.05, 4.69) is 0 Å². The Bertz CT molecular complexity index is 932. The Balaban J connectivity index is 2.11. The van der Waals surface area contributed by atoms with Crippen LogP contribution in [0.3, 0.4) is 0 Å². The fourth-order valence-corrected chi connectivity index (χ4v) is 3.26. The van der Waals surface area contributed by atoms with Crippen molar-refractivity contribution in [2.75, 3.05) is 44.1 Å². The van der Waals surface area contributed by atoms with Gasteiger partial charge in [-0.2, -0.15) is 0 Å². The van der Waals surface area contributed by atoms with Crippen LogP contribution in [0.1, 0.15) is 11.1 Å². The first-order valence-electron chi connectivity index (χ1n) is 9.14. The summed E-state index contributed by atoms with van der Waals surface area (Å²) in [5.41, 5.74) is 3.84. The molecule has 6 heteroatoms. The van der Waals surface area contributed by atoms with Gasteiger partial charge < -0.3 is 14.9 Å². The smallest absolute Gasteiger partial charge is 0.282 e. The van der Waals surface area contributed by atoms with E-state index in [1.807, 2.05) is 68.4 Å². The van der Waals surface area contributed by atoms with Crippen molar-refractivity contribution in [2.45, 2.75) is 6.92 Å². The van der Waals surface area contributed by atoms with Gasteiger partial charge in [0.05, 0.1) is 17.9 Å². The van der Waals surface area contributed by atoms with Crippen LogP contribution in [0.5, 0.6) is 0 Å². The molecule has 1 aliphatic heterocycles. The Labute approximate surface area is 165 Å². The molecule has 6 nitrogen and oxygen atoms in total. The van der Waals surface area contributed by atoms with Gasteiger partial charge in [-0.05, 0) is 30.7 Å². The van der Waals surface area contributed by atoms with Crippen LogP contribution in [0.15, 0.2) is 54.2 Å². The van der Waals surface area contributed by atoms with Gasteiger partial charge in [0, 0.05) is 33.4 Å². The summed E-state index contributed by atoms with van der Waals surface area (Å²) in [5, 5.41) is 9.34. The zero-order chi connectivity index (χ0) is 20.4. The number of aryl methyl sites for hydroxylation is 1. The van der Waals surface area contributed by atoms with Crippen LogP contribution in [0.4, 0.5) is 11.4 Å². The predicted octanol–water partition coefficient (Wildman–Crippen LogP) is 2.27. The number of carbonyl (C=O) groups is 2. The number of hydrogen-bond acceptors (Lipinski definition) is 5. The molecule has 0 radical (unpaired) electrons. The van der Waals surface area contributed by atoms with Crippen LogP contribution in [-0.2, 0) is 9.59 Å². The first-order valence-corrected chi connectivity index (χ1v) is 9.14. The van der Waals surface area contributed by atoms with Crippen molar-refractivity contribution in [3.05, 3.63) is 65.4 Å². The molecule has 146 valence electrons. The van der Waals surface area contributed by atoms with Gasteiger partial charge in [-0.1, -0.05) is 35.9 Å². The van der Waals surface area contributed by atoms with Crippen LogP contribution >= 0.6 is 0 Å². The van der Waals surface area contributed by atoms with Crippen LogP contribution in [0.25, 0.3) is 5.57 Å². The van der Waals surface area contributed by atoms with Crippen LogP contribution < -0.4 is 9.80 Å². The molecule has 0 fully saturated rings. The predicted molar refractivity (Wildman–Crippen MR) is 111 cm³/mol. The van der Waals surface area contributed by atoms with E-state index in [-0.39, 0.29) is 25.0 Å². The Morgan fingerprint density at radius 3 is 2.25 bits per heavy atom. The number of nitrogens with zero attached hydrogens (tertiary/aromatic N) is 3. The second-order valence-corrected chi connectivity index (χ2v) is 7.09. The van der Waals surface area contributed by atoms with Crippen LogP contribution in [0.2, 0.25) is 0 Å². The van der Waals surface area contributed by atoms with Crippen molar-refractivity contribution in [1.29, 1.82) is 0 Å². The van der Waals surface area contributed by atoms with E-state index >= 15 is 0 Å². The van der Waals surface area contributed by atoms with E-state index in [0.29, 0.717) is 22.5 Å². The number of anilines is 2. The number of aliphatic hydroxyl groups excluding tert-OH is 1. The Kier molecular flexibility index (Phi) is 5.51. The number of aliphatic hydroxyl groups is 1. The quantitative estimate of drug-likeness (QED) is 0.780. The molecule has 28 heavy (non-hydrogen) atoms. The molecule has 2 aromatic carbocycles. The highest BCUT2D eigenvalue weighted by Gasteiger charge is 2.41. The summed E-state index contributed by atoms with van der Waals surface area (Å²) in [6.45, 7) is 2.12. The van der Waals surface area contributed by atoms with Crippen molar-refractivity contribution in [2.24, 2.45) is 0 Å². The van der Waals surface area contributed by atoms with E-state index in [9.17, 15) is 14.7 Å². The topological polar surface area (TPSA) is 64.1 Å². The number of imide groups is 1. The molecule has 0 bridgehead atoms. The van der Waals surface area contributed by atoms with Gasteiger partial charge in [0.15, 0.2) is 0 Å². The lowest BCUT2D eigenvalue weighted by Gasteiger charge is -2.21. The van der Waals surface area contributed by atoms with E-state index in [1.54, 1.807) is 18.0 Å². The molecule has 0 aliphatic carbocycles. The molecule has 0 aromatic heterocycles. The first-order chi connectivity index (χ1) is 13.3. The lowest BCUT2D eigenvalue weighted by molar-refractivity contribution is -0.120. The third-order valence-corrected chi connectivity index (χ3v) is 4.82. The average molecular weight is 379 g/mol. The average Bonchev–Trinajstić information content (AvgIpc) is 2.93. The van der Waals surface area contributed by atoms with Gasteiger partial charge in [-0.25, -0.2) is 4.90 Å². The summed E-state index contributed by atoms with van der Waals surface area (Å²) < 4.78 is 0. The molecule has 1 N–H and O–H groups in total. The van der Waals surface area contributed by atoms with Gasteiger partial charge in [0.2, 0.25) is 0 Å². The minimum Gasteiger partial charge on any atom is -0.395 e. The molecule has 2 amide bonds. The molecule has 0 spiro atoms. The molecule has 0 saturated heterocycles. The second-order valence-electron chi connectivity index (χ2n) is 7.09. The maximum atomic E-state index is 13.3. The molecule has 0 unspecified atom stereocenters. The molecular formula is C22H25N3O3. The Morgan fingerprint density at radius 2 is 1.64 bits per heavy atom. The number of carbonyl (C=O) groups excluding carboxylic acids is 2. The number of amides is 2. The zero-order valence-corrected chi connectivity index (χ0v) is 16.6.